The molecule has 0 fully saturated rings. The van der Waals surface area contributed by atoms with E-state index in [1.165, 1.54) is 12.4 Å². The highest BCUT2D eigenvalue weighted by atomic mass is 16.5. The number of nitrogens with two attached hydrogens (primary N) is 1. The predicted octanol–water partition coefficient (Wildman–Crippen LogP) is -0.478. The molecule has 0 radical (unpaired) electrons. The quantitative estimate of drug-likeness (QED) is 0.335. The Labute approximate surface area is 81.3 Å². The van der Waals surface area contributed by atoms with Gasteiger partial charge in [-0.05, 0) is 0 Å². The second kappa shape index (κ2) is 5.13. The summed E-state index contributed by atoms with van der Waals surface area (Å²) in [6.45, 7) is 0.380. The number of nitrogens with zero attached hydrogens (tertiary/aromatic N) is 2. The van der Waals surface area contributed by atoms with Crippen LogP contribution >= 0.6 is 0 Å². The molecule has 0 aromatic carbocycles. The molecule has 4 N–H and O–H groups in total. The minimum Gasteiger partial charge on any atom is -0.476 e. The Morgan fingerprint density at radius 2 is 2.21 bits per heavy atom. The summed E-state index contributed by atoms with van der Waals surface area (Å²) < 4.78 is 5.18. The van der Waals surface area contributed by atoms with E-state index in [-0.39, 0.29) is 24.0 Å². The van der Waals surface area contributed by atoms with Gasteiger partial charge in [0.2, 0.25) is 5.88 Å². The normalized spacial score (nSPS) is 9.79. The van der Waals surface area contributed by atoms with Gasteiger partial charge in [-0.1, -0.05) is 0 Å². The molecule has 0 bridgehead atoms. The maximum Gasteiger partial charge on any atom is 0.243 e. The Kier molecular flexibility index (Phi) is 3.81. The van der Waals surface area contributed by atoms with Gasteiger partial charge in [0.15, 0.2) is 5.69 Å². The molecular weight excluding hydrogens is 184 g/mol. The Morgan fingerprint density at radius 1 is 1.50 bits per heavy atom. The number of nitrogens with one attached hydrogen (secondary N) is 1. The summed E-state index contributed by atoms with van der Waals surface area (Å²) in [4.78, 5) is 7.74. The van der Waals surface area contributed by atoms with E-state index in [4.69, 9.17) is 21.0 Å². The molecule has 0 aliphatic heterocycles. The molecule has 0 saturated carbocycles. The first-order valence-corrected chi connectivity index (χ1v) is 4.14. The minimum atomic E-state index is -0.183. The van der Waals surface area contributed by atoms with Crippen molar-refractivity contribution in [3.63, 3.8) is 0 Å². The van der Waals surface area contributed by atoms with Crippen molar-refractivity contribution in [3.05, 3.63) is 18.1 Å². The molecule has 0 atom stereocenters. The van der Waals surface area contributed by atoms with Crippen LogP contribution in [-0.4, -0.2) is 34.1 Å². The molecule has 1 rings (SSSR count). The van der Waals surface area contributed by atoms with Crippen LogP contribution in [0.2, 0.25) is 0 Å². The average molecular weight is 196 g/mol. The Balaban J connectivity index is 2.69. The van der Waals surface area contributed by atoms with E-state index >= 15 is 0 Å². The zero-order chi connectivity index (χ0) is 10.4. The van der Waals surface area contributed by atoms with Crippen LogP contribution in [0, 0.1) is 5.41 Å². The number of ether oxygens (including phenoxy) is 1. The summed E-state index contributed by atoms with van der Waals surface area (Å²) in [7, 11) is 0. The molecular formula is C8H12N4O2. The summed E-state index contributed by atoms with van der Waals surface area (Å²) in [6, 6.07) is 0. The SMILES string of the molecule is N=C(N)c1nccnc1OCCCO. The lowest BCUT2D eigenvalue weighted by Gasteiger charge is -2.06. The van der Waals surface area contributed by atoms with E-state index in [2.05, 4.69) is 9.97 Å². The van der Waals surface area contributed by atoms with Gasteiger partial charge < -0.3 is 15.6 Å². The molecule has 0 spiro atoms. The van der Waals surface area contributed by atoms with Crippen LogP contribution in [0.15, 0.2) is 12.4 Å². The lowest BCUT2D eigenvalue weighted by atomic mass is 10.4. The third-order valence-electron chi connectivity index (χ3n) is 1.46. The fraction of sp³-hybridized carbons (Fsp3) is 0.375. The van der Waals surface area contributed by atoms with E-state index in [1.807, 2.05) is 0 Å². The second-order valence-corrected chi connectivity index (χ2v) is 2.55. The summed E-state index contributed by atoms with van der Waals surface area (Å²) in [5.41, 5.74) is 5.50. The van der Waals surface area contributed by atoms with E-state index in [1.54, 1.807) is 0 Å². The van der Waals surface area contributed by atoms with Crippen LogP contribution in [0.1, 0.15) is 12.1 Å². The van der Waals surface area contributed by atoms with E-state index in [9.17, 15) is 0 Å². The molecule has 6 heteroatoms. The highest BCUT2D eigenvalue weighted by molar-refractivity contribution is 5.94. The van der Waals surface area contributed by atoms with Crippen molar-refractivity contribution in [1.29, 1.82) is 5.41 Å². The number of rotatable bonds is 5. The van der Waals surface area contributed by atoms with Crippen LogP contribution in [0.25, 0.3) is 0 Å². The number of aliphatic hydroxyl groups is 1. The van der Waals surface area contributed by atoms with Crippen LogP contribution in [0.5, 0.6) is 5.88 Å². The largest absolute Gasteiger partial charge is 0.476 e. The molecule has 0 aliphatic carbocycles. The smallest absolute Gasteiger partial charge is 0.243 e. The van der Waals surface area contributed by atoms with Gasteiger partial charge in [0, 0.05) is 25.4 Å². The second-order valence-electron chi connectivity index (χ2n) is 2.55. The van der Waals surface area contributed by atoms with Gasteiger partial charge in [-0.2, -0.15) is 0 Å². The Bertz CT molecular complexity index is 316. The van der Waals surface area contributed by atoms with Crippen molar-refractivity contribution < 1.29 is 9.84 Å². The van der Waals surface area contributed by atoms with Gasteiger partial charge in [0.1, 0.15) is 5.84 Å². The molecule has 1 aromatic heterocycles. The first kappa shape index (κ1) is 10.4. The van der Waals surface area contributed by atoms with E-state index in [0.717, 1.165) is 0 Å². The zero-order valence-corrected chi connectivity index (χ0v) is 7.60. The topological polar surface area (TPSA) is 105 Å². The highest BCUT2D eigenvalue weighted by Crippen LogP contribution is 2.10. The third-order valence-corrected chi connectivity index (χ3v) is 1.46. The highest BCUT2D eigenvalue weighted by Gasteiger charge is 2.08. The lowest BCUT2D eigenvalue weighted by Crippen LogP contribution is -2.16. The van der Waals surface area contributed by atoms with Crippen molar-refractivity contribution in [1.82, 2.24) is 9.97 Å². The van der Waals surface area contributed by atoms with Gasteiger partial charge in [-0.25, -0.2) is 9.97 Å². The fourth-order valence-electron chi connectivity index (χ4n) is 0.849. The third kappa shape index (κ3) is 2.67. The number of aromatic nitrogens is 2. The average Bonchev–Trinajstić information content (AvgIpc) is 2.19. The molecule has 14 heavy (non-hydrogen) atoms. The number of hydrogen-bond donors (Lipinski definition) is 3. The summed E-state index contributed by atoms with van der Waals surface area (Å²) in [6.07, 6.45) is 3.41. The van der Waals surface area contributed by atoms with Gasteiger partial charge >= 0.3 is 0 Å². The van der Waals surface area contributed by atoms with Crippen molar-refractivity contribution in [2.75, 3.05) is 13.2 Å². The Morgan fingerprint density at radius 3 is 2.86 bits per heavy atom. The summed E-state index contributed by atoms with van der Waals surface area (Å²) in [5, 5.41) is 15.7. The number of amidine groups is 1. The summed E-state index contributed by atoms with van der Waals surface area (Å²) >= 11 is 0. The molecule has 76 valence electrons. The van der Waals surface area contributed by atoms with Gasteiger partial charge in [0.25, 0.3) is 0 Å². The summed E-state index contributed by atoms with van der Waals surface area (Å²) in [5.74, 6) is 0.0468. The fourth-order valence-corrected chi connectivity index (χ4v) is 0.849. The molecule has 1 aromatic rings. The molecule has 0 unspecified atom stereocenters. The van der Waals surface area contributed by atoms with Gasteiger partial charge in [-0.15, -0.1) is 0 Å². The van der Waals surface area contributed by atoms with Crippen LogP contribution in [-0.2, 0) is 0 Å². The minimum absolute atomic E-state index is 0.0513. The van der Waals surface area contributed by atoms with Crippen LogP contribution in [0.3, 0.4) is 0 Å². The van der Waals surface area contributed by atoms with Crippen molar-refractivity contribution in [3.8, 4) is 5.88 Å². The molecule has 6 nitrogen and oxygen atoms in total. The molecule has 0 aliphatic rings. The molecule has 1 heterocycles. The van der Waals surface area contributed by atoms with Crippen LogP contribution < -0.4 is 10.5 Å². The van der Waals surface area contributed by atoms with E-state index in [0.29, 0.717) is 13.0 Å². The predicted molar refractivity (Wildman–Crippen MR) is 50.2 cm³/mol. The Hall–Kier alpha value is -1.69. The number of aliphatic hydroxyl groups excluding tert-OH is 1. The zero-order valence-electron chi connectivity index (χ0n) is 7.60. The van der Waals surface area contributed by atoms with Crippen molar-refractivity contribution in [2.24, 2.45) is 5.73 Å². The standard InChI is InChI=1S/C8H12N4O2/c9-7(10)6-8(12-3-2-11-6)14-5-1-4-13/h2-3,13H,1,4-5H2,(H3,9,10). The number of nitrogen functional groups attached to an aromatic ring is 1. The van der Waals surface area contributed by atoms with Gasteiger partial charge in [-0.3, -0.25) is 5.41 Å². The lowest BCUT2D eigenvalue weighted by molar-refractivity contribution is 0.228. The van der Waals surface area contributed by atoms with Gasteiger partial charge in [0.05, 0.1) is 6.61 Å². The maximum atomic E-state index is 8.54. The first-order valence-electron chi connectivity index (χ1n) is 4.14. The monoisotopic (exact) mass is 196 g/mol. The maximum absolute atomic E-state index is 8.54. The van der Waals surface area contributed by atoms with E-state index < -0.39 is 0 Å². The number of hydrogen-bond acceptors (Lipinski definition) is 5. The van der Waals surface area contributed by atoms with Crippen LogP contribution in [0.4, 0.5) is 0 Å². The first-order chi connectivity index (χ1) is 6.75. The van der Waals surface area contributed by atoms with Crippen molar-refractivity contribution in [2.45, 2.75) is 6.42 Å². The molecule has 0 saturated heterocycles. The van der Waals surface area contributed by atoms with Crippen molar-refractivity contribution >= 4 is 5.84 Å². The molecule has 0 amide bonds.